The van der Waals surface area contributed by atoms with Crippen LogP contribution in [-0.4, -0.2) is 32.2 Å². The van der Waals surface area contributed by atoms with Gasteiger partial charge in [0.1, 0.15) is 5.82 Å². The fourth-order valence-corrected chi connectivity index (χ4v) is 5.62. The average molecular weight is 496 g/mol. The van der Waals surface area contributed by atoms with Crippen LogP contribution < -0.4 is 10.9 Å². The molecule has 1 aromatic heterocycles. The third kappa shape index (κ3) is 4.77. The molecular formula is C24H29F4N5O2. The van der Waals surface area contributed by atoms with E-state index in [4.69, 9.17) is 0 Å². The van der Waals surface area contributed by atoms with Crippen molar-refractivity contribution in [2.75, 3.05) is 0 Å². The number of nitrogens with one attached hydrogen (secondary N) is 2. The zero-order valence-corrected chi connectivity index (χ0v) is 19.9. The summed E-state index contributed by atoms with van der Waals surface area (Å²) in [4.78, 5) is 24.5. The summed E-state index contributed by atoms with van der Waals surface area (Å²) in [6, 6.07) is 5.31. The van der Waals surface area contributed by atoms with Crippen LogP contribution in [0.4, 0.5) is 17.6 Å². The summed E-state index contributed by atoms with van der Waals surface area (Å²) in [6.07, 6.45) is -0.305. The number of carbonyl (C=O) groups excluding carboxylic acids is 2. The molecule has 3 atom stereocenters. The largest absolute Gasteiger partial charge is 0.417 e. The molecule has 7 nitrogen and oxygen atoms in total. The van der Waals surface area contributed by atoms with E-state index in [1.165, 1.54) is 12.1 Å². The third-order valence-electron chi connectivity index (χ3n) is 7.38. The second-order valence-electron chi connectivity index (χ2n) is 10.1. The standard InChI is InChI=1S/C24H29F4N5O2/c1-22(2,25)21(35)32-30-19(34)15-10-12-23(11-6-7-14(15)13-23)20-31-29-18(33(20)3)16-8-4-5-9-17(16)24(26,27)28/h4-5,8-9,14-15H,6-7,10-13H2,1-3H3,(H,30,34)(H,32,35). The predicted octanol–water partition coefficient (Wildman–Crippen LogP) is 4.23. The second-order valence-corrected chi connectivity index (χ2v) is 10.1. The van der Waals surface area contributed by atoms with Crippen LogP contribution in [0.25, 0.3) is 11.4 Å². The van der Waals surface area contributed by atoms with Crippen molar-refractivity contribution in [2.45, 2.75) is 69.6 Å². The molecule has 2 saturated carbocycles. The summed E-state index contributed by atoms with van der Waals surface area (Å²) in [5.74, 6) is -0.854. The van der Waals surface area contributed by atoms with Gasteiger partial charge in [-0.3, -0.25) is 20.4 Å². The van der Waals surface area contributed by atoms with Crippen molar-refractivity contribution in [1.29, 1.82) is 0 Å². The second kappa shape index (κ2) is 8.91. The number of hydrazine groups is 1. The Balaban J connectivity index is 1.55. The minimum absolute atomic E-state index is 0.00963. The first-order valence-electron chi connectivity index (χ1n) is 11.7. The summed E-state index contributed by atoms with van der Waals surface area (Å²) in [5, 5.41) is 8.51. The quantitative estimate of drug-likeness (QED) is 0.491. The monoisotopic (exact) mass is 495 g/mol. The van der Waals surface area contributed by atoms with Crippen LogP contribution in [0.1, 0.15) is 63.8 Å². The van der Waals surface area contributed by atoms with Gasteiger partial charge in [-0.25, -0.2) is 4.39 Å². The zero-order chi connectivity index (χ0) is 25.6. The third-order valence-corrected chi connectivity index (χ3v) is 7.38. The highest BCUT2D eigenvalue weighted by molar-refractivity contribution is 5.87. The highest BCUT2D eigenvalue weighted by Gasteiger charge is 2.49. The van der Waals surface area contributed by atoms with Gasteiger partial charge in [0.05, 0.1) is 5.56 Å². The van der Waals surface area contributed by atoms with Gasteiger partial charge in [0.25, 0.3) is 5.91 Å². The van der Waals surface area contributed by atoms with Crippen LogP contribution >= 0.6 is 0 Å². The fraction of sp³-hybridized carbons (Fsp3) is 0.583. The number of halogens is 4. The lowest BCUT2D eigenvalue weighted by molar-refractivity contribution is -0.138. The number of hydrogen-bond donors (Lipinski definition) is 2. The number of fused-ring (bicyclic) bond motifs is 2. The van der Waals surface area contributed by atoms with Crippen molar-refractivity contribution >= 4 is 11.8 Å². The molecule has 35 heavy (non-hydrogen) atoms. The Bertz CT molecular complexity index is 1120. The molecule has 2 aliphatic rings. The van der Waals surface area contributed by atoms with Crippen LogP contribution in [0.2, 0.25) is 0 Å². The van der Waals surface area contributed by atoms with E-state index in [1.807, 2.05) is 0 Å². The molecule has 2 bridgehead atoms. The molecule has 2 aromatic rings. The molecule has 2 amide bonds. The van der Waals surface area contributed by atoms with Gasteiger partial charge in [-0.15, -0.1) is 10.2 Å². The molecule has 190 valence electrons. The smallest absolute Gasteiger partial charge is 0.314 e. The van der Waals surface area contributed by atoms with Gasteiger partial charge in [0.15, 0.2) is 11.5 Å². The normalized spacial score (nSPS) is 24.7. The molecule has 11 heteroatoms. The lowest BCUT2D eigenvalue weighted by atomic mass is 9.58. The van der Waals surface area contributed by atoms with Crippen molar-refractivity contribution in [3.05, 3.63) is 35.7 Å². The topological polar surface area (TPSA) is 88.9 Å². The Labute approximate surface area is 200 Å². The first kappa shape index (κ1) is 25.1. The lowest BCUT2D eigenvalue weighted by Gasteiger charge is -2.47. The molecule has 1 aromatic carbocycles. The van der Waals surface area contributed by atoms with Crippen molar-refractivity contribution in [3.63, 3.8) is 0 Å². The van der Waals surface area contributed by atoms with Crippen LogP contribution in [-0.2, 0) is 28.2 Å². The molecule has 2 fully saturated rings. The molecule has 4 rings (SSSR count). The molecule has 0 saturated heterocycles. The number of amides is 2. The van der Waals surface area contributed by atoms with Gasteiger partial charge in [0.2, 0.25) is 5.91 Å². The number of hydrogen-bond acceptors (Lipinski definition) is 4. The van der Waals surface area contributed by atoms with Crippen LogP contribution in [0, 0.1) is 11.8 Å². The summed E-state index contributed by atoms with van der Waals surface area (Å²) in [6.45, 7) is 2.21. The van der Waals surface area contributed by atoms with Crippen molar-refractivity contribution in [1.82, 2.24) is 25.6 Å². The van der Waals surface area contributed by atoms with E-state index in [9.17, 15) is 27.2 Å². The summed E-state index contributed by atoms with van der Waals surface area (Å²) in [5.41, 5.74) is 1.21. The first-order chi connectivity index (χ1) is 16.3. The molecule has 2 N–H and O–H groups in total. The van der Waals surface area contributed by atoms with Gasteiger partial charge in [-0.1, -0.05) is 24.6 Å². The maximum Gasteiger partial charge on any atom is 0.417 e. The minimum Gasteiger partial charge on any atom is -0.314 e. The number of rotatable bonds is 4. The van der Waals surface area contributed by atoms with E-state index in [-0.39, 0.29) is 29.1 Å². The Morgan fingerprint density at radius 3 is 2.46 bits per heavy atom. The molecule has 0 aliphatic heterocycles. The predicted molar refractivity (Wildman–Crippen MR) is 119 cm³/mol. The van der Waals surface area contributed by atoms with Gasteiger partial charge in [-0.05, 0) is 57.9 Å². The maximum atomic E-state index is 13.7. The van der Waals surface area contributed by atoms with E-state index in [0.29, 0.717) is 25.1 Å². The fourth-order valence-electron chi connectivity index (χ4n) is 5.62. The maximum absolute atomic E-state index is 13.7. The van der Waals surface area contributed by atoms with E-state index < -0.39 is 28.7 Å². The SMILES string of the molecule is Cn1c(-c2ccccc2C(F)(F)F)nnc1C12CCCC(C1)C(C(=O)NNC(=O)C(C)(C)F)CC2. The molecule has 0 spiro atoms. The van der Waals surface area contributed by atoms with Crippen molar-refractivity contribution in [3.8, 4) is 11.4 Å². The highest BCUT2D eigenvalue weighted by Crippen LogP contribution is 2.52. The van der Waals surface area contributed by atoms with E-state index in [1.54, 1.807) is 17.7 Å². The number of aromatic nitrogens is 3. The molecule has 1 heterocycles. The molecule has 2 aliphatic carbocycles. The summed E-state index contributed by atoms with van der Waals surface area (Å²) in [7, 11) is 1.68. The van der Waals surface area contributed by atoms with E-state index in [0.717, 1.165) is 39.2 Å². The molecule has 3 unspecified atom stereocenters. The Morgan fingerprint density at radius 1 is 1.06 bits per heavy atom. The van der Waals surface area contributed by atoms with Gasteiger partial charge in [-0.2, -0.15) is 13.2 Å². The van der Waals surface area contributed by atoms with E-state index >= 15 is 0 Å². The zero-order valence-electron chi connectivity index (χ0n) is 19.9. The highest BCUT2D eigenvalue weighted by atomic mass is 19.4. The molecule has 0 radical (unpaired) electrons. The van der Waals surface area contributed by atoms with Gasteiger partial charge in [0, 0.05) is 23.9 Å². The minimum atomic E-state index is -4.52. The Hall–Kier alpha value is -2.98. The Kier molecular flexibility index (Phi) is 6.39. The van der Waals surface area contributed by atoms with Crippen LogP contribution in [0.5, 0.6) is 0 Å². The van der Waals surface area contributed by atoms with Gasteiger partial charge >= 0.3 is 6.18 Å². The molecular weight excluding hydrogens is 466 g/mol. The summed E-state index contributed by atoms with van der Waals surface area (Å²) < 4.78 is 56.1. The number of carbonyl (C=O) groups is 2. The van der Waals surface area contributed by atoms with Crippen molar-refractivity contribution < 1.29 is 27.2 Å². The number of nitrogens with zero attached hydrogens (tertiary/aromatic N) is 3. The average Bonchev–Trinajstić information content (AvgIpc) is 3.18. The Morgan fingerprint density at radius 2 is 1.77 bits per heavy atom. The van der Waals surface area contributed by atoms with Crippen LogP contribution in [0.3, 0.4) is 0 Å². The lowest BCUT2D eigenvalue weighted by Crippen LogP contribution is -2.53. The summed E-state index contributed by atoms with van der Waals surface area (Å²) >= 11 is 0. The van der Waals surface area contributed by atoms with Gasteiger partial charge < -0.3 is 4.57 Å². The first-order valence-corrected chi connectivity index (χ1v) is 11.7. The van der Waals surface area contributed by atoms with E-state index in [2.05, 4.69) is 21.0 Å². The van der Waals surface area contributed by atoms with Crippen LogP contribution in [0.15, 0.2) is 24.3 Å². The van der Waals surface area contributed by atoms with Crippen molar-refractivity contribution in [2.24, 2.45) is 18.9 Å². The number of benzene rings is 1. The number of alkyl halides is 4.